The molecule has 0 aromatic heterocycles. The first-order chi connectivity index (χ1) is 7.47. The van der Waals surface area contributed by atoms with E-state index >= 15 is 0 Å². The molecular weight excluding hydrogens is 215 g/mol. The van der Waals surface area contributed by atoms with Gasteiger partial charge in [-0.05, 0) is 20.3 Å². The van der Waals surface area contributed by atoms with Crippen LogP contribution in [0.15, 0.2) is 11.1 Å². The van der Waals surface area contributed by atoms with Gasteiger partial charge >= 0.3 is 0 Å². The van der Waals surface area contributed by atoms with E-state index in [-0.39, 0.29) is 11.3 Å². The fourth-order valence-corrected chi connectivity index (χ4v) is 1.41. The predicted molar refractivity (Wildman–Crippen MR) is 58.7 cm³/mol. The molecule has 0 aliphatic carbocycles. The van der Waals surface area contributed by atoms with Gasteiger partial charge in [-0.25, -0.2) is 13.2 Å². The highest BCUT2D eigenvalue weighted by Crippen LogP contribution is 2.26. The van der Waals surface area contributed by atoms with Gasteiger partial charge < -0.3 is 0 Å². The van der Waals surface area contributed by atoms with Crippen LogP contribution in [0.25, 0.3) is 0 Å². The van der Waals surface area contributed by atoms with Crippen molar-refractivity contribution >= 4 is 11.4 Å². The summed E-state index contributed by atoms with van der Waals surface area (Å²) in [5.41, 5.74) is 0.965. The number of aliphatic imine (C=N–C) groups is 1. The van der Waals surface area contributed by atoms with E-state index in [0.717, 1.165) is 24.6 Å². The molecule has 1 rings (SSSR count). The van der Waals surface area contributed by atoms with Gasteiger partial charge in [0, 0.05) is 17.3 Å². The zero-order chi connectivity index (χ0) is 12.3. The standard InChI is InChI=1S/C12H14F3N/c1-4-5-7(2)16-10-6-9(13)12(15)11(14)8(10)3/h6H,4-5H2,1-3H3. The Morgan fingerprint density at radius 2 is 1.88 bits per heavy atom. The molecule has 0 saturated heterocycles. The first kappa shape index (κ1) is 12.7. The van der Waals surface area contributed by atoms with Crippen molar-refractivity contribution in [3.05, 3.63) is 29.1 Å². The van der Waals surface area contributed by atoms with Crippen LogP contribution in [0.2, 0.25) is 0 Å². The van der Waals surface area contributed by atoms with Crippen LogP contribution in [0, 0.1) is 24.4 Å². The van der Waals surface area contributed by atoms with E-state index in [0.29, 0.717) is 0 Å². The lowest BCUT2D eigenvalue weighted by Gasteiger charge is -2.05. The van der Waals surface area contributed by atoms with Crippen molar-refractivity contribution in [3.63, 3.8) is 0 Å². The van der Waals surface area contributed by atoms with Crippen LogP contribution in [-0.2, 0) is 0 Å². The molecule has 1 nitrogen and oxygen atoms in total. The van der Waals surface area contributed by atoms with Gasteiger partial charge in [0.05, 0.1) is 5.69 Å². The Labute approximate surface area is 93.0 Å². The molecule has 16 heavy (non-hydrogen) atoms. The zero-order valence-electron chi connectivity index (χ0n) is 9.57. The largest absolute Gasteiger partial charge is 0.258 e. The molecule has 1 aromatic rings. The summed E-state index contributed by atoms with van der Waals surface area (Å²) >= 11 is 0. The van der Waals surface area contributed by atoms with Gasteiger partial charge in [0.25, 0.3) is 0 Å². The molecule has 0 N–H and O–H groups in total. The Bertz CT molecular complexity index is 425. The maximum Gasteiger partial charge on any atom is 0.194 e. The molecule has 0 bridgehead atoms. The molecule has 0 unspecified atom stereocenters. The predicted octanol–water partition coefficient (Wildman–Crippen LogP) is 4.30. The van der Waals surface area contributed by atoms with Gasteiger partial charge in [-0.1, -0.05) is 13.3 Å². The molecule has 0 heterocycles. The number of hydrogen-bond acceptors (Lipinski definition) is 1. The molecule has 0 radical (unpaired) electrons. The summed E-state index contributed by atoms with van der Waals surface area (Å²) in [6.45, 7) is 5.15. The first-order valence-corrected chi connectivity index (χ1v) is 5.15. The van der Waals surface area contributed by atoms with Crippen LogP contribution >= 0.6 is 0 Å². The normalized spacial score (nSPS) is 12.0. The van der Waals surface area contributed by atoms with Crippen molar-refractivity contribution in [2.45, 2.75) is 33.6 Å². The topological polar surface area (TPSA) is 12.4 Å². The molecular formula is C12H14F3N. The third-order valence-corrected chi connectivity index (χ3v) is 2.30. The van der Waals surface area contributed by atoms with E-state index in [4.69, 9.17) is 0 Å². The average Bonchev–Trinajstić information content (AvgIpc) is 2.23. The molecule has 88 valence electrons. The van der Waals surface area contributed by atoms with Crippen LogP contribution in [0.3, 0.4) is 0 Å². The highest BCUT2D eigenvalue weighted by atomic mass is 19.2. The fraction of sp³-hybridized carbons (Fsp3) is 0.417. The Morgan fingerprint density at radius 1 is 1.25 bits per heavy atom. The molecule has 0 atom stereocenters. The van der Waals surface area contributed by atoms with Crippen molar-refractivity contribution in [1.82, 2.24) is 0 Å². The van der Waals surface area contributed by atoms with Crippen molar-refractivity contribution < 1.29 is 13.2 Å². The Balaban J connectivity index is 3.21. The maximum atomic E-state index is 13.2. The SMILES string of the molecule is CCCC(C)=Nc1cc(F)c(F)c(F)c1C. The maximum absolute atomic E-state index is 13.2. The number of benzene rings is 1. The quantitative estimate of drug-likeness (QED) is 0.541. The molecule has 0 fully saturated rings. The Morgan fingerprint density at radius 3 is 2.44 bits per heavy atom. The van der Waals surface area contributed by atoms with Gasteiger partial charge in [-0.15, -0.1) is 0 Å². The zero-order valence-corrected chi connectivity index (χ0v) is 9.57. The third kappa shape index (κ3) is 2.62. The molecule has 1 aromatic carbocycles. The fourth-order valence-electron chi connectivity index (χ4n) is 1.41. The summed E-state index contributed by atoms with van der Waals surface area (Å²) in [6.07, 6.45) is 1.65. The van der Waals surface area contributed by atoms with Crippen LogP contribution in [0.5, 0.6) is 0 Å². The number of rotatable bonds is 3. The number of hydrogen-bond donors (Lipinski definition) is 0. The summed E-state index contributed by atoms with van der Waals surface area (Å²) in [7, 11) is 0. The highest BCUT2D eigenvalue weighted by molar-refractivity contribution is 5.84. The van der Waals surface area contributed by atoms with Gasteiger partial charge in [0.2, 0.25) is 0 Å². The van der Waals surface area contributed by atoms with E-state index in [2.05, 4.69) is 4.99 Å². The van der Waals surface area contributed by atoms with Gasteiger partial charge in [0.15, 0.2) is 17.5 Å². The minimum absolute atomic E-state index is 0.0364. The number of nitrogens with zero attached hydrogens (tertiary/aromatic N) is 1. The van der Waals surface area contributed by atoms with Crippen molar-refractivity contribution in [3.8, 4) is 0 Å². The minimum atomic E-state index is -1.44. The smallest absolute Gasteiger partial charge is 0.194 e. The average molecular weight is 229 g/mol. The second-order valence-corrected chi connectivity index (χ2v) is 3.73. The summed E-state index contributed by atoms with van der Waals surface area (Å²) in [5, 5.41) is 0. The van der Waals surface area contributed by atoms with Crippen LogP contribution in [-0.4, -0.2) is 5.71 Å². The lowest BCUT2D eigenvalue weighted by molar-refractivity contribution is 0.444. The van der Waals surface area contributed by atoms with E-state index in [9.17, 15) is 13.2 Å². The molecule has 0 spiro atoms. The van der Waals surface area contributed by atoms with Gasteiger partial charge in [0.1, 0.15) is 0 Å². The van der Waals surface area contributed by atoms with Crippen molar-refractivity contribution in [2.75, 3.05) is 0 Å². The van der Waals surface area contributed by atoms with Gasteiger partial charge in [-0.3, -0.25) is 4.99 Å². The lowest BCUT2D eigenvalue weighted by Crippen LogP contribution is -1.96. The molecule has 0 aliphatic heterocycles. The third-order valence-electron chi connectivity index (χ3n) is 2.30. The molecule has 4 heteroatoms. The van der Waals surface area contributed by atoms with Crippen LogP contribution < -0.4 is 0 Å². The van der Waals surface area contributed by atoms with Crippen molar-refractivity contribution in [2.24, 2.45) is 4.99 Å². The van der Waals surface area contributed by atoms with Gasteiger partial charge in [-0.2, -0.15) is 0 Å². The van der Waals surface area contributed by atoms with E-state index in [1.165, 1.54) is 6.92 Å². The second-order valence-electron chi connectivity index (χ2n) is 3.73. The number of halogens is 3. The lowest BCUT2D eigenvalue weighted by atomic mass is 10.1. The second kappa shape index (κ2) is 5.14. The minimum Gasteiger partial charge on any atom is -0.258 e. The van der Waals surface area contributed by atoms with E-state index < -0.39 is 17.5 Å². The van der Waals surface area contributed by atoms with E-state index in [1.807, 2.05) is 6.92 Å². The summed E-state index contributed by atoms with van der Waals surface area (Å²) in [5.74, 6) is -3.81. The summed E-state index contributed by atoms with van der Waals surface area (Å²) in [4.78, 5) is 4.08. The Hall–Kier alpha value is -1.32. The monoisotopic (exact) mass is 229 g/mol. The Kier molecular flexibility index (Phi) is 4.10. The summed E-state index contributed by atoms with van der Waals surface area (Å²) in [6, 6.07) is 0.924. The first-order valence-electron chi connectivity index (χ1n) is 5.15. The highest BCUT2D eigenvalue weighted by Gasteiger charge is 2.15. The van der Waals surface area contributed by atoms with Crippen molar-refractivity contribution in [1.29, 1.82) is 0 Å². The molecule has 0 saturated carbocycles. The van der Waals surface area contributed by atoms with Crippen LogP contribution in [0.4, 0.5) is 18.9 Å². The molecule has 0 amide bonds. The van der Waals surface area contributed by atoms with E-state index in [1.54, 1.807) is 6.92 Å². The molecule has 0 aliphatic rings. The summed E-state index contributed by atoms with van der Waals surface area (Å²) < 4.78 is 39.0. The van der Waals surface area contributed by atoms with Crippen LogP contribution in [0.1, 0.15) is 32.3 Å².